The first-order valence-electron chi connectivity index (χ1n) is 5.98. The minimum atomic E-state index is 0.667. The number of methoxy groups -OCH3 is 1. The Balaban J connectivity index is 1.75. The van der Waals surface area contributed by atoms with Crippen LogP contribution in [0.15, 0.2) is 30.3 Å². The number of hydrogen-bond donors (Lipinski definition) is 1. The summed E-state index contributed by atoms with van der Waals surface area (Å²) in [7, 11) is 1.69. The van der Waals surface area contributed by atoms with E-state index in [2.05, 4.69) is 38.9 Å². The van der Waals surface area contributed by atoms with Gasteiger partial charge in [0, 0.05) is 31.6 Å². The maximum atomic E-state index is 5.00. The Morgan fingerprint density at radius 2 is 2.06 bits per heavy atom. The second-order valence-electron chi connectivity index (χ2n) is 3.92. The van der Waals surface area contributed by atoms with E-state index in [0.29, 0.717) is 6.61 Å². The quantitative estimate of drug-likeness (QED) is 0.833. The minimum absolute atomic E-state index is 0.667. The number of hydrogen-bond acceptors (Lipinski definition) is 5. The Morgan fingerprint density at radius 3 is 2.83 bits per heavy atom. The molecule has 1 aromatic carbocycles. The number of benzene rings is 1. The van der Waals surface area contributed by atoms with Crippen LogP contribution in [-0.2, 0) is 17.6 Å². The molecule has 5 heteroatoms. The number of aromatic nitrogens is 2. The third kappa shape index (κ3) is 4.09. The number of nitrogens with zero attached hydrogens (tertiary/aromatic N) is 2. The van der Waals surface area contributed by atoms with Crippen LogP contribution in [0, 0.1) is 0 Å². The summed E-state index contributed by atoms with van der Waals surface area (Å²) in [6.07, 6.45) is 1.77. The molecule has 4 nitrogen and oxygen atoms in total. The van der Waals surface area contributed by atoms with Crippen molar-refractivity contribution >= 4 is 16.7 Å². The van der Waals surface area contributed by atoms with Crippen molar-refractivity contribution in [2.75, 3.05) is 25.6 Å². The Bertz CT molecular complexity index is 458. The van der Waals surface area contributed by atoms with Crippen LogP contribution in [0.1, 0.15) is 11.4 Å². The van der Waals surface area contributed by atoms with Crippen molar-refractivity contribution in [2.45, 2.75) is 12.8 Å². The molecule has 0 aliphatic carbocycles. The van der Waals surface area contributed by atoms with Gasteiger partial charge in [-0.3, -0.25) is 0 Å². The van der Waals surface area contributed by atoms with E-state index in [0.717, 1.165) is 30.3 Å². The van der Waals surface area contributed by atoms with Crippen LogP contribution in [0.2, 0.25) is 0 Å². The van der Waals surface area contributed by atoms with E-state index in [9.17, 15) is 0 Å². The summed E-state index contributed by atoms with van der Waals surface area (Å²) in [6.45, 7) is 1.54. The number of nitrogens with one attached hydrogen (secondary N) is 1. The van der Waals surface area contributed by atoms with Crippen molar-refractivity contribution in [3.63, 3.8) is 0 Å². The second kappa shape index (κ2) is 7.08. The third-order valence-corrected chi connectivity index (χ3v) is 3.24. The molecule has 18 heavy (non-hydrogen) atoms. The standard InChI is InChI=1S/C13H17N3OS/c1-17-10-8-12-15-13(18-16-12)14-9-7-11-5-3-2-4-6-11/h2-6H,7-10H2,1H3,(H,14,15,16). The fraction of sp³-hybridized carbons (Fsp3) is 0.385. The van der Waals surface area contributed by atoms with Gasteiger partial charge in [-0.05, 0) is 12.0 Å². The van der Waals surface area contributed by atoms with Crippen molar-refractivity contribution in [1.82, 2.24) is 9.36 Å². The van der Waals surface area contributed by atoms with Crippen molar-refractivity contribution in [3.05, 3.63) is 41.7 Å². The maximum Gasteiger partial charge on any atom is 0.202 e. The highest BCUT2D eigenvalue weighted by Gasteiger charge is 2.02. The van der Waals surface area contributed by atoms with E-state index in [4.69, 9.17) is 4.74 Å². The van der Waals surface area contributed by atoms with Gasteiger partial charge in [0.2, 0.25) is 5.13 Å². The van der Waals surface area contributed by atoms with Crippen molar-refractivity contribution in [1.29, 1.82) is 0 Å². The fourth-order valence-electron chi connectivity index (χ4n) is 1.58. The molecule has 0 saturated heterocycles. The van der Waals surface area contributed by atoms with Crippen LogP contribution in [0.4, 0.5) is 5.13 Å². The second-order valence-corrected chi connectivity index (χ2v) is 4.67. The summed E-state index contributed by atoms with van der Waals surface area (Å²) in [6, 6.07) is 10.4. The monoisotopic (exact) mass is 263 g/mol. The molecule has 0 atom stereocenters. The minimum Gasteiger partial charge on any atom is -0.384 e. The van der Waals surface area contributed by atoms with Gasteiger partial charge < -0.3 is 10.1 Å². The molecule has 1 aromatic heterocycles. The van der Waals surface area contributed by atoms with Gasteiger partial charge in [-0.2, -0.15) is 4.37 Å². The summed E-state index contributed by atoms with van der Waals surface area (Å²) in [5.41, 5.74) is 1.33. The number of rotatable bonds is 7. The number of anilines is 1. The Morgan fingerprint density at radius 1 is 1.22 bits per heavy atom. The molecule has 0 amide bonds. The molecule has 1 heterocycles. The molecule has 0 aliphatic rings. The summed E-state index contributed by atoms with van der Waals surface area (Å²) >= 11 is 1.41. The lowest BCUT2D eigenvalue weighted by molar-refractivity contribution is 0.201. The molecule has 0 spiro atoms. The average Bonchev–Trinajstić information content (AvgIpc) is 2.85. The molecular formula is C13H17N3OS. The molecule has 1 N–H and O–H groups in total. The summed E-state index contributed by atoms with van der Waals surface area (Å²) in [5, 5.41) is 4.18. The van der Waals surface area contributed by atoms with Crippen LogP contribution in [0.3, 0.4) is 0 Å². The van der Waals surface area contributed by atoms with Crippen LogP contribution in [0.5, 0.6) is 0 Å². The highest BCUT2D eigenvalue weighted by atomic mass is 32.1. The Kier molecular flexibility index (Phi) is 5.11. The normalized spacial score (nSPS) is 10.5. The van der Waals surface area contributed by atoms with Gasteiger partial charge >= 0.3 is 0 Å². The van der Waals surface area contributed by atoms with E-state index < -0.39 is 0 Å². The highest BCUT2D eigenvalue weighted by Crippen LogP contribution is 2.11. The third-order valence-electron chi connectivity index (χ3n) is 2.53. The predicted octanol–water partition coefficient (Wildman–Crippen LogP) is 2.38. The zero-order chi connectivity index (χ0) is 12.6. The SMILES string of the molecule is COCCc1nsc(NCCc2ccccc2)n1. The van der Waals surface area contributed by atoms with Crippen LogP contribution < -0.4 is 5.32 Å². The summed E-state index contributed by atoms with van der Waals surface area (Å²) < 4.78 is 9.27. The lowest BCUT2D eigenvalue weighted by Gasteiger charge is -2.01. The molecule has 0 radical (unpaired) electrons. The first-order valence-corrected chi connectivity index (χ1v) is 6.75. The fourth-order valence-corrected chi connectivity index (χ4v) is 2.22. The van der Waals surface area contributed by atoms with E-state index in [1.165, 1.54) is 17.1 Å². The zero-order valence-electron chi connectivity index (χ0n) is 10.4. The van der Waals surface area contributed by atoms with E-state index in [-0.39, 0.29) is 0 Å². The number of ether oxygens (including phenoxy) is 1. The lowest BCUT2D eigenvalue weighted by Crippen LogP contribution is -2.04. The maximum absolute atomic E-state index is 5.00. The predicted molar refractivity (Wildman–Crippen MR) is 74.1 cm³/mol. The van der Waals surface area contributed by atoms with Gasteiger partial charge in [-0.25, -0.2) is 4.98 Å². The van der Waals surface area contributed by atoms with Gasteiger partial charge in [-0.15, -0.1) is 0 Å². The Hall–Kier alpha value is -1.46. The first kappa shape index (κ1) is 13.0. The molecule has 2 rings (SSSR count). The largest absolute Gasteiger partial charge is 0.384 e. The topological polar surface area (TPSA) is 47.0 Å². The van der Waals surface area contributed by atoms with Crippen LogP contribution in [-0.4, -0.2) is 29.6 Å². The van der Waals surface area contributed by atoms with E-state index in [1.807, 2.05) is 6.07 Å². The van der Waals surface area contributed by atoms with Gasteiger partial charge in [0.25, 0.3) is 0 Å². The smallest absolute Gasteiger partial charge is 0.202 e. The first-order chi connectivity index (χ1) is 8.88. The van der Waals surface area contributed by atoms with Gasteiger partial charge in [0.15, 0.2) is 0 Å². The Labute approximate surface area is 111 Å². The van der Waals surface area contributed by atoms with Crippen LogP contribution in [0.25, 0.3) is 0 Å². The molecule has 0 saturated carbocycles. The highest BCUT2D eigenvalue weighted by molar-refractivity contribution is 7.09. The van der Waals surface area contributed by atoms with Crippen molar-refractivity contribution in [3.8, 4) is 0 Å². The molecule has 0 fully saturated rings. The van der Waals surface area contributed by atoms with Gasteiger partial charge in [0.05, 0.1) is 6.61 Å². The van der Waals surface area contributed by atoms with E-state index >= 15 is 0 Å². The molecule has 0 unspecified atom stereocenters. The molecular weight excluding hydrogens is 246 g/mol. The average molecular weight is 263 g/mol. The molecule has 2 aromatic rings. The zero-order valence-corrected chi connectivity index (χ0v) is 11.2. The van der Waals surface area contributed by atoms with E-state index in [1.54, 1.807) is 7.11 Å². The molecule has 96 valence electrons. The molecule has 0 bridgehead atoms. The molecule has 0 aliphatic heterocycles. The lowest BCUT2D eigenvalue weighted by atomic mass is 10.2. The summed E-state index contributed by atoms with van der Waals surface area (Å²) in [4.78, 5) is 4.40. The van der Waals surface area contributed by atoms with Crippen molar-refractivity contribution in [2.24, 2.45) is 0 Å². The van der Waals surface area contributed by atoms with Crippen LogP contribution >= 0.6 is 11.5 Å². The summed E-state index contributed by atoms with van der Waals surface area (Å²) in [5.74, 6) is 0.851. The van der Waals surface area contributed by atoms with Gasteiger partial charge in [0.1, 0.15) is 5.82 Å². The van der Waals surface area contributed by atoms with Crippen molar-refractivity contribution < 1.29 is 4.74 Å². The van der Waals surface area contributed by atoms with Gasteiger partial charge in [-0.1, -0.05) is 30.3 Å².